The standard InChI is InChI=1S/C13H19N3O/c1-13(7-8-13)15-11(9-12(14)16-17)10-5-3-2-4-6-10/h2-6,11,15,17H,7-9H2,1H3,(H2,14,16). The lowest BCUT2D eigenvalue weighted by molar-refractivity contribution is 0.315. The number of rotatable bonds is 5. The van der Waals surface area contributed by atoms with Crippen LogP contribution in [0.5, 0.6) is 0 Å². The van der Waals surface area contributed by atoms with E-state index in [0.29, 0.717) is 6.42 Å². The fourth-order valence-electron chi connectivity index (χ4n) is 1.94. The molecule has 0 aromatic heterocycles. The van der Waals surface area contributed by atoms with Gasteiger partial charge in [0.05, 0.1) is 0 Å². The first-order valence-corrected chi connectivity index (χ1v) is 5.92. The highest BCUT2D eigenvalue weighted by Crippen LogP contribution is 2.37. The summed E-state index contributed by atoms with van der Waals surface area (Å²) in [4.78, 5) is 0. The van der Waals surface area contributed by atoms with Crippen LogP contribution in [0, 0.1) is 0 Å². The molecule has 92 valence electrons. The second-order valence-electron chi connectivity index (χ2n) is 4.96. The summed E-state index contributed by atoms with van der Waals surface area (Å²) in [7, 11) is 0. The largest absolute Gasteiger partial charge is 0.409 e. The molecule has 4 heteroatoms. The molecule has 0 aliphatic heterocycles. The second-order valence-corrected chi connectivity index (χ2v) is 4.96. The molecule has 0 saturated heterocycles. The van der Waals surface area contributed by atoms with Crippen LogP contribution in [0.1, 0.15) is 37.8 Å². The van der Waals surface area contributed by atoms with Crippen LogP contribution in [0.4, 0.5) is 0 Å². The fourth-order valence-corrected chi connectivity index (χ4v) is 1.94. The van der Waals surface area contributed by atoms with E-state index in [4.69, 9.17) is 10.9 Å². The van der Waals surface area contributed by atoms with Gasteiger partial charge < -0.3 is 16.3 Å². The molecular formula is C13H19N3O. The predicted molar refractivity (Wildman–Crippen MR) is 68.0 cm³/mol. The Morgan fingerprint density at radius 3 is 2.65 bits per heavy atom. The number of nitrogens with one attached hydrogen (secondary N) is 1. The number of oxime groups is 1. The van der Waals surface area contributed by atoms with Gasteiger partial charge in [-0.05, 0) is 25.3 Å². The van der Waals surface area contributed by atoms with E-state index in [2.05, 4.69) is 29.5 Å². The minimum atomic E-state index is 0.111. The van der Waals surface area contributed by atoms with Crippen molar-refractivity contribution in [1.29, 1.82) is 0 Å². The molecule has 1 aliphatic carbocycles. The first-order chi connectivity index (χ1) is 8.13. The maximum absolute atomic E-state index is 8.68. The second kappa shape index (κ2) is 4.75. The van der Waals surface area contributed by atoms with Gasteiger partial charge in [0.15, 0.2) is 0 Å². The van der Waals surface area contributed by atoms with Crippen molar-refractivity contribution in [3.8, 4) is 0 Å². The molecule has 1 saturated carbocycles. The molecular weight excluding hydrogens is 214 g/mol. The van der Waals surface area contributed by atoms with Crippen molar-refractivity contribution in [2.45, 2.75) is 37.8 Å². The van der Waals surface area contributed by atoms with Gasteiger partial charge in [0.25, 0.3) is 0 Å². The van der Waals surface area contributed by atoms with Crippen molar-refractivity contribution in [2.75, 3.05) is 0 Å². The van der Waals surface area contributed by atoms with Gasteiger partial charge in [0.2, 0.25) is 0 Å². The Hall–Kier alpha value is -1.55. The van der Waals surface area contributed by atoms with Crippen LogP contribution in [0.3, 0.4) is 0 Å². The number of hydrogen-bond acceptors (Lipinski definition) is 3. The summed E-state index contributed by atoms with van der Waals surface area (Å²) in [5.74, 6) is 0.260. The molecule has 1 atom stereocenters. The van der Waals surface area contributed by atoms with E-state index in [1.165, 1.54) is 18.4 Å². The van der Waals surface area contributed by atoms with Crippen LogP contribution in [-0.4, -0.2) is 16.6 Å². The summed E-state index contributed by atoms with van der Waals surface area (Å²) in [6, 6.07) is 10.2. The highest BCUT2D eigenvalue weighted by atomic mass is 16.4. The van der Waals surface area contributed by atoms with Crippen LogP contribution < -0.4 is 11.1 Å². The van der Waals surface area contributed by atoms with Crippen molar-refractivity contribution in [2.24, 2.45) is 10.9 Å². The van der Waals surface area contributed by atoms with Gasteiger partial charge in [-0.15, -0.1) is 0 Å². The molecule has 17 heavy (non-hydrogen) atoms. The molecule has 0 spiro atoms. The van der Waals surface area contributed by atoms with Gasteiger partial charge in [-0.1, -0.05) is 35.5 Å². The Morgan fingerprint density at radius 2 is 2.12 bits per heavy atom. The first-order valence-electron chi connectivity index (χ1n) is 5.92. The monoisotopic (exact) mass is 233 g/mol. The van der Waals surface area contributed by atoms with Crippen LogP contribution in [-0.2, 0) is 0 Å². The molecule has 4 N–H and O–H groups in total. The average molecular weight is 233 g/mol. The van der Waals surface area contributed by atoms with E-state index in [-0.39, 0.29) is 17.4 Å². The molecule has 1 aliphatic rings. The quantitative estimate of drug-likeness (QED) is 0.315. The molecule has 0 bridgehead atoms. The van der Waals surface area contributed by atoms with Crippen molar-refractivity contribution < 1.29 is 5.21 Å². The smallest absolute Gasteiger partial charge is 0.141 e. The minimum absolute atomic E-state index is 0.111. The van der Waals surface area contributed by atoms with Crippen molar-refractivity contribution >= 4 is 5.84 Å². The summed E-state index contributed by atoms with van der Waals surface area (Å²) in [5, 5.41) is 15.3. The fraction of sp³-hybridized carbons (Fsp3) is 0.462. The normalized spacial score (nSPS) is 19.9. The third-order valence-electron chi connectivity index (χ3n) is 3.27. The first kappa shape index (κ1) is 11.9. The van der Waals surface area contributed by atoms with Gasteiger partial charge in [-0.2, -0.15) is 0 Å². The summed E-state index contributed by atoms with van der Waals surface area (Å²) in [6.45, 7) is 2.20. The predicted octanol–water partition coefficient (Wildman–Crippen LogP) is 2.01. The Morgan fingerprint density at radius 1 is 1.47 bits per heavy atom. The Balaban J connectivity index is 2.12. The Kier molecular flexibility index (Phi) is 3.33. The molecule has 0 radical (unpaired) electrons. The van der Waals surface area contributed by atoms with E-state index in [1.54, 1.807) is 0 Å². The molecule has 4 nitrogen and oxygen atoms in total. The Labute approximate surface area is 102 Å². The zero-order valence-corrected chi connectivity index (χ0v) is 10.1. The van der Waals surface area contributed by atoms with Crippen LogP contribution in [0.15, 0.2) is 35.5 Å². The van der Waals surface area contributed by atoms with Crippen molar-refractivity contribution in [3.63, 3.8) is 0 Å². The number of nitrogens with two attached hydrogens (primary N) is 1. The lowest BCUT2D eigenvalue weighted by atomic mass is 10.0. The maximum Gasteiger partial charge on any atom is 0.141 e. The SMILES string of the molecule is CC1(NC(C/C(N)=N/O)c2ccccc2)CC1. The molecule has 1 unspecified atom stereocenters. The number of nitrogens with zero attached hydrogens (tertiary/aromatic N) is 1. The van der Waals surface area contributed by atoms with E-state index in [0.717, 1.165) is 0 Å². The van der Waals surface area contributed by atoms with Gasteiger partial charge in [0.1, 0.15) is 5.84 Å². The molecule has 1 fully saturated rings. The zero-order chi connectivity index (χ0) is 12.3. The average Bonchev–Trinajstić information content (AvgIpc) is 3.07. The van der Waals surface area contributed by atoms with Crippen molar-refractivity contribution in [3.05, 3.63) is 35.9 Å². The topological polar surface area (TPSA) is 70.6 Å². The van der Waals surface area contributed by atoms with Crippen LogP contribution >= 0.6 is 0 Å². The number of benzene rings is 1. The summed E-state index contributed by atoms with van der Waals surface area (Å²) in [5.41, 5.74) is 7.00. The van der Waals surface area contributed by atoms with Crippen LogP contribution in [0.25, 0.3) is 0 Å². The maximum atomic E-state index is 8.68. The minimum Gasteiger partial charge on any atom is -0.409 e. The molecule has 0 amide bonds. The van der Waals surface area contributed by atoms with Crippen molar-refractivity contribution in [1.82, 2.24) is 5.32 Å². The van der Waals surface area contributed by atoms with E-state index in [1.807, 2.05) is 18.2 Å². The summed E-state index contributed by atoms with van der Waals surface area (Å²) < 4.78 is 0. The van der Waals surface area contributed by atoms with Gasteiger partial charge >= 0.3 is 0 Å². The Bertz CT molecular complexity index is 398. The van der Waals surface area contributed by atoms with Gasteiger partial charge in [-0.3, -0.25) is 0 Å². The summed E-state index contributed by atoms with van der Waals surface area (Å²) in [6.07, 6.45) is 2.90. The molecule has 0 heterocycles. The van der Waals surface area contributed by atoms with E-state index >= 15 is 0 Å². The molecule has 1 aromatic carbocycles. The van der Waals surface area contributed by atoms with Gasteiger partial charge in [-0.25, -0.2) is 0 Å². The highest BCUT2D eigenvalue weighted by molar-refractivity contribution is 5.80. The summed E-state index contributed by atoms with van der Waals surface area (Å²) >= 11 is 0. The molecule has 2 rings (SSSR count). The lowest BCUT2D eigenvalue weighted by Crippen LogP contribution is -2.34. The molecule has 1 aromatic rings. The highest BCUT2D eigenvalue weighted by Gasteiger charge is 2.39. The zero-order valence-electron chi connectivity index (χ0n) is 10.1. The van der Waals surface area contributed by atoms with Crippen LogP contribution in [0.2, 0.25) is 0 Å². The van der Waals surface area contributed by atoms with E-state index < -0.39 is 0 Å². The van der Waals surface area contributed by atoms with Gasteiger partial charge in [0, 0.05) is 18.0 Å². The third-order valence-corrected chi connectivity index (χ3v) is 3.27. The number of amidine groups is 1. The third kappa shape index (κ3) is 3.20. The lowest BCUT2D eigenvalue weighted by Gasteiger charge is -2.23. The van der Waals surface area contributed by atoms with E-state index in [9.17, 15) is 0 Å². The number of hydrogen-bond donors (Lipinski definition) is 3.